The summed E-state index contributed by atoms with van der Waals surface area (Å²) in [6.45, 7) is -2.63. The van der Waals surface area contributed by atoms with Crippen LogP contribution in [0.2, 0.25) is 0 Å². The Morgan fingerprint density at radius 1 is 1.45 bits per heavy atom. The van der Waals surface area contributed by atoms with Crippen molar-refractivity contribution in [3.8, 4) is 5.75 Å². The van der Waals surface area contributed by atoms with Gasteiger partial charge in [-0.05, 0) is 18.2 Å². The van der Waals surface area contributed by atoms with Crippen LogP contribution in [0.3, 0.4) is 0 Å². The second-order valence-electron chi connectivity index (χ2n) is 4.20. The van der Waals surface area contributed by atoms with Crippen molar-refractivity contribution in [3.05, 3.63) is 28.2 Å². The Kier molecular flexibility index (Phi) is 10.2. The fourth-order valence-corrected chi connectivity index (χ4v) is 2.04. The number of amides is 1. The highest BCUT2D eigenvalue weighted by atomic mass is 79.9. The van der Waals surface area contributed by atoms with Gasteiger partial charge >= 0.3 is 6.61 Å². The SMILES string of the molecule is COC(CN)CC(=O)NCc1cc(Br)ccc1OC(F)F.Cl. The van der Waals surface area contributed by atoms with E-state index in [9.17, 15) is 13.6 Å². The third-order valence-electron chi connectivity index (χ3n) is 2.72. The summed E-state index contributed by atoms with van der Waals surface area (Å²) in [6, 6.07) is 4.60. The molecule has 1 atom stereocenters. The van der Waals surface area contributed by atoms with Crippen molar-refractivity contribution in [2.45, 2.75) is 25.7 Å². The molecule has 0 aliphatic carbocycles. The standard InChI is InChI=1S/C13H17BrF2N2O3.ClH/c1-20-10(6-17)5-12(19)18-7-8-4-9(14)2-3-11(8)21-13(15)16;/h2-4,10,13H,5-7,17H2,1H3,(H,18,19);1H. The van der Waals surface area contributed by atoms with Crippen molar-refractivity contribution >= 4 is 34.2 Å². The van der Waals surface area contributed by atoms with Crippen LogP contribution in [0.5, 0.6) is 5.75 Å². The molecule has 22 heavy (non-hydrogen) atoms. The number of hydrogen-bond acceptors (Lipinski definition) is 4. The molecule has 1 aromatic rings. The molecule has 9 heteroatoms. The maximum absolute atomic E-state index is 12.3. The summed E-state index contributed by atoms with van der Waals surface area (Å²) in [6.07, 6.45) is -0.268. The maximum Gasteiger partial charge on any atom is 0.387 e. The number of ether oxygens (including phenoxy) is 2. The second kappa shape index (κ2) is 10.7. The summed E-state index contributed by atoms with van der Waals surface area (Å²) in [5.74, 6) is -0.258. The van der Waals surface area contributed by atoms with E-state index >= 15 is 0 Å². The molecule has 0 aliphatic heterocycles. The molecular formula is C13H18BrClF2N2O3. The van der Waals surface area contributed by atoms with Gasteiger partial charge in [0.1, 0.15) is 5.75 Å². The number of benzene rings is 1. The fourth-order valence-electron chi connectivity index (χ4n) is 1.63. The predicted molar refractivity (Wildman–Crippen MR) is 84.3 cm³/mol. The molecule has 0 fully saturated rings. The van der Waals surface area contributed by atoms with Crippen molar-refractivity contribution < 1.29 is 23.0 Å². The van der Waals surface area contributed by atoms with E-state index < -0.39 is 6.61 Å². The number of alkyl halides is 2. The summed E-state index contributed by atoms with van der Waals surface area (Å²) in [7, 11) is 1.47. The molecule has 0 heterocycles. The molecule has 0 spiro atoms. The van der Waals surface area contributed by atoms with Crippen LogP contribution in [-0.2, 0) is 16.1 Å². The topological polar surface area (TPSA) is 73.6 Å². The Morgan fingerprint density at radius 2 is 2.14 bits per heavy atom. The average Bonchev–Trinajstić information content (AvgIpc) is 2.44. The third kappa shape index (κ3) is 7.35. The van der Waals surface area contributed by atoms with E-state index in [2.05, 4.69) is 26.0 Å². The molecule has 1 rings (SSSR count). The Morgan fingerprint density at radius 3 is 2.68 bits per heavy atom. The molecule has 0 aliphatic rings. The zero-order chi connectivity index (χ0) is 15.8. The summed E-state index contributed by atoms with van der Waals surface area (Å²) in [4.78, 5) is 11.7. The second-order valence-corrected chi connectivity index (χ2v) is 5.12. The van der Waals surface area contributed by atoms with Crippen molar-refractivity contribution in [1.29, 1.82) is 0 Å². The molecule has 3 N–H and O–H groups in total. The quantitative estimate of drug-likeness (QED) is 0.699. The van der Waals surface area contributed by atoms with Gasteiger partial charge < -0.3 is 20.5 Å². The summed E-state index contributed by atoms with van der Waals surface area (Å²) < 4.78 is 34.7. The molecule has 0 saturated carbocycles. The summed E-state index contributed by atoms with van der Waals surface area (Å²) in [5, 5.41) is 2.62. The number of hydrogen-bond donors (Lipinski definition) is 2. The lowest BCUT2D eigenvalue weighted by Gasteiger charge is -2.14. The van der Waals surface area contributed by atoms with Gasteiger partial charge in [0.05, 0.1) is 12.5 Å². The third-order valence-corrected chi connectivity index (χ3v) is 3.22. The largest absolute Gasteiger partial charge is 0.434 e. The van der Waals surface area contributed by atoms with Crippen LogP contribution in [0.1, 0.15) is 12.0 Å². The number of carbonyl (C=O) groups is 1. The van der Waals surface area contributed by atoms with Gasteiger partial charge in [-0.25, -0.2) is 0 Å². The number of rotatable bonds is 8. The molecule has 1 amide bonds. The van der Waals surface area contributed by atoms with Crippen molar-refractivity contribution in [2.75, 3.05) is 13.7 Å². The van der Waals surface area contributed by atoms with Crippen molar-refractivity contribution in [2.24, 2.45) is 5.73 Å². The highest BCUT2D eigenvalue weighted by Crippen LogP contribution is 2.24. The van der Waals surface area contributed by atoms with Crippen LogP contribution in [0.15, 0.2) is 22.7 Å². The van der Waals surface area contributed by atoms with Crippen molar-refractivity contribution in [1.82, 2.24) is 5.32 Å². The number of methoxy groups -OCH3 is 1. The lowest BCUT2D eigenvalue weighted by atomic mass is 10.2. The van der Waals surface area contributed by atoms with E-state index in [0.717, 1.165) is 0 Å². The van der Waals surface area contributed by atoms with Gasteiger partial charge in [0.25, 0.3) is 0 Å². The lowest BCUT2D eigenvalue weighted by Crippen LogP contribution is -2.32. The number of carbonyl (C=O) groups excluding carboxylic acids is 1. The first kappa shape index (κ1) is 21.0. The first-order chi connectivity index (χ1) is 9.96. The lowest BCUT2D eigenvalue weighted by molar-refractivity contribution is -0.123. The minimum Gasteiger partial charge on any atom is -0.434 e. The predicted octanol–water partition coefficient (Wildman–Crippen LogP) is 2.45. The molecule has 0 radical (unpaired) electrons. The van der Waals surface area contributed by atoms with Gasteiger partial charge in [0.2, 0.25) is 5.91 Å². The van der Waals surface area contributed by atoms with Gasteiger partial charge in [-0.3, -0.25) is 4.79 Å². The molecule has 1 aromatic carbocycles. The Hall–Kier alpha value is -0.960. The summed E-state index contributed by atoms with van der Waals surface area (Å²) in [5.41, 5.74) is 5.87. The van der Waals surface area contributed by atoms with E-state index in [0.29, 0.717) is 10.0 Å². The van der Waals surface area contributed by atoms with Crippen LogP contribution >= 0.6 is 28.3 Å². The van der Waals surface area contributed by atoms with E-state index in [4.69, 9.17) is 10.5 Å². The Balaban J connectivity index is 0.00000441. The summed E-state index contributed by atoms with van der Waals surface area (Å²) >= 11 is 3.24. The number of halogens is 4. The molecule has 0 bridgehead atoms. The zero-order valence-electron chi connectivity index (χ0n) is 11.9. The average molecular weight is 404 g/mol. The van der Waals surface area contributed by atoms with Gasteiger partial charge in [0, 0.05) is 30.2 Å². The normalized spacial score (nSPS) is 11.7. The van der Waals surface area contributed by atoms with E-state index in [1.54, 1.807) is 12.1 Å². The number of nitrogens with one attached hydrogen (secondary N) is 1. The minimum atomic E-state index is -2.92. The first-order valence-corrected chi connectivity index (χ1v) is 6.98. The zero-order valence-corrected chi connectivity index (χ0v) is 14.3. The van der Waals surface area contributed by atoms with Crippen LogP contribution in [0.25, 0.3) is 0 Å². The maximum atomic E-state index is 12.3. The first-order valence-electron chi connectivity index (χ1n) is 6.19. The van der Waals surface area contributed by atoms with Gasteiger partial charge in [-0.15, -0.1) is 12.4 Å². The van der Waals surface area contributed by atoms with Gasteiger partial charge in [0.15, 0.2) is 0 Å². The smallest absolute Gasteiger partial charge is 0.387 e. The van der Waals surface area contributed by atoms with Crippen LogP contribution in [-0.4, -0.2) is 32.3 Å². The Bertz CT molecular complexity index is 477. The molecule has 0 aromatic heterocycles. The van der Waals surface area contributed by atoms with E-state index in [1.165, 1.54) is 13.2 Å². The van der Waals surface area contributed by atoms with E-state index in [-0.39, 0.29) is 49.7 Å². The van der Waals surface area contributed by atoms with Gasteiger partial charge in [-0.1, -0.05) is 15.9 Å². The van der Waals surface area contributed by atoms with Crippen molar-refractivity contribution in [3.63, 3.8) is 0 Å². The monoisotopic (exact) mass is 402 g/mol. The highest BCUT2D eigenvalue weighted by Gasteiger charge is 2.14. The van der Waals surface area contributed by atoms with Crippen LogP contribution in [0, 0.1) is 0 Å². The van der Waals surface area contributed by atoms with Crippen LogP contribution < -0.4 is 15.8 Å². The molecule has 0 saturated heterocycles. The highest BCUT2D eigenvalue weighted by molar-refractivity contribution is 9.10. The van der Waals surface area contributed by atoms with Crippen LogP contribution in [0.4, 0.5) is 8.78 Å². The van der Waals surface area contributed by atoms with Gasteiger partial charge in [-0.2, -0.15) is 8.78 Å². The minimum absolute atomic E-state index is 0. The molecule has 126 valence electrons. The molecular weight excluding hydrogens is 386 g/mol. The Labute approximate surface area is 142 Å². The molecule has 1 unspecified atom stereocenters. The molecule has 5 nitrogen and oxygen atoms in total. The fraction of sp³-hybridized carbons (Fsp3) is 0.462. The van der Waals surface area contributed by atoms with E-state index in [1.807, 2.05) is 0 Å². The number of nitrogens with two attached hydrogens (primary N) is 1.